The molecule has 2 amide bonds. The van der Waals surface area contributed by atoms with Gasteiger partial charge >= 0.3 is 0 Å². The number of hydrogen-bond donors (Lipinski definition) is 1. The summed E-state index contributed by atoms with van der Waals surface area (Å²) in [6.07, 6.45) is 2.05. The van der Waals surface area contributed by atoms with E-state index in [1.54, 1.807) is 11.3 Å². The summed E-state index contributed by atoms with van der Waals surface area (Å²) >= 11 is 7.47. The van der Waals surface area contributed by atoms with Gasteiger partial charge in [0.15, 0.2) is 0 Å². The monoisotopic (exact) mass is 342 g/mol. The van der Waals surface area contributed by atoms with Crippen molar-refractivity contribution in [1.29, 1.82) is 0 Å². The Hall–Kier alpha value is -1.07. The zero-order valence-corrected chi connectivity index (χ0v) is 14.7. The van der Waals surface area contributed by atoms with Crippen molar-refractivity contribution in [3.05, 3.63) is 22.4 Å². The molecule has 1 saturated heterocycles. The summed E-state index contributed by atoms with van der Waals surface area (Å²) in [6, 6.07) is 4.09. The van der Waals surface area contributed by atoms with Gasteiger partial charge in [0, 0.05) is 29.9 Å². The lowest BCUT2D eigenvalue weighted by atomic mass is 9.92. The van der Waals surface area contributed by atoms with E-state index >= 15 is 0 Å². The van der Waals surface area contributed by atoms with Crippen molar-refractivity contribution in [2.24, 2.45) is 5.41 Å². The van der Waals surface area contributed by atoms with Crippen LogP contribution in [0, 0.1) is 5.41 Å². The number of amides is 2. The highest BCUT2D eigenvalue weighted by molar-refractivity contribution is 7.10. The number of nitrogens with one attached hydrogen (secondary N) is 1. The molecule has 6 heteroatoms. The number of hydrogen-bond acceptors (Lipinski definition) is 3. The molecule has 122 valence electrons. The SMILES string of the molecule is CC(C)(CCl)C(=O)N1CCC(NC(=O)Cc2cccs2)CC1. The Morgan fingerprint density at radius 2 is 2.09 bits per heavy atom. The number of piperidine rings is 1. The Labute approximate surface area is 140 Å². The van der Waals surface area contributed by atoms with Crippen molar-refractivity contribution >= 4 is 34.8 Å². The average molecular weight is 343 g/mol. The van der Waals surface area contributed by atoms with Crippen molar-refractivity contribution < 1.29 is 9.59 Å². The van der Waals surface area contributed by atoms with Crippen LogP contribution in [0.25, 0.3) is 0 Å². The van der Waals surface area contributed by atoms with Crippen LogP contribution in [0.2, 0.25) is 0 Å². The zero-order chi connectivity index (χ0) is 16.2. The van der Waals surface area contributed by atoms with Gasteiger partial charge in [0.1, 0.15) is 0 Å². The van der Waals surface area contributed by atoms with E-state index in [9.17, 15) is 9.59 Å². The molecule has 0 radical (unpaired) electrons. The average Bonchev–Trinajstić information content (AvgIpc) is 3.00. The molecule has 0 saturated carbocycles. The van der Waals surface area contributed by atoms with Gasteiger partial charge in [0.25, 0.3) is 0 Å². The number of alkyl halides is 1. The molecular weight excluding hydrogens is 320 g/mol. The van der Waals surface area contributed by atoms with Crippen molar-refractivity contribution in [3.63, 3.8) is 0 Å². The van der Waals surface area contributed by atoms with E-state index in [1.165, 1.54) is 0 Å². The Morgan fingerprint density at radius 1 is 1.41 bits per heavy atom. The fourth-order valence-electron chi connectivity index (χ4n) is 2.56. The maximum absolute atomic E-state index is 12.3. The summed E-state index contributed by atoms with van der Waals surface area (Å²) in [4.78, 5) is 27.3. The summed E-state index contributed by atoms with van der Waals surface area (Å²) in [5, 5.41) is 5.05. The first kappa shape index (κ1) is 17.3. The van der Waals surface area contributed by atoms with Gasteiger partial charge in [-0.15, -0.1) is 22.9 Å². The molecule has 2 heterocycles. The van der Waals surface area contributed by atoms with E-state index in [-0.39, 0.29) is 17.9 Å². The van der Waals surface area contributed by atoms with Crippen LogP contribution in [-0.4, -0.2) is 41.7 Å². The van der Waals surface area contributed by atoms with Gasteiger partial charge in [-0.1, -0.05) is 6.07 Å². The van der Waals surface area contributed by atoms with Gasteiger partial charge < -0.3 is 10.2 Å². The van der Waals surface area contributed by atoms with Crippen LogP contribution >= 0.6 is 22.9 Å². The van der Waals surface area contributed by atoms with Crippen molar-refractivity contribution in [2.45, 2.75) is 39.2 Å². The molecule has 1 fully saturated rings. The zero-order valence-electron chi connectivity index (χ0n) is 13.1. The van der Waals surface area contributed by atoms with E-state index in [2.05, 4.69) is 5.32 Å². The lowest BCUT2D eigenvalue weighted by molar-refractivity contribution is -0.140. The largest absolute Gasteiger partial charge is 0.353 e. The van der Waals surface area contributed by atoms with Crippen molar-refractivity contribution in [3.8, 4) is 0 Å². The molecule has 2 rings (SSSR count). The predicted molar refractivity (Wildman–Crippen MR) is 90.3 cm³/mol. The summed E-state index contributed by atoms with van der Waals surface area (Å²) in [6.45, 7) is 5.11. The van der Waals surface area contributed by atoms with Gasteiger partial charge in [-0.2, -0.15) is 0 Å². The molecule has 0 aliphatic carbocycles. The van der Waals surface area contributed by atoms with Gasteiger partial charge in [0.2, 0.25) is 11.8 Å². The number of likely N-dealkylation sites (tertiary alicyclic amines) is 1. The normalized spacial score (nSPS) is 16.6. The van der Waals surface area contributed by atoms with Crippen LogP contribution in [0.15, 0.2) is 17.5 Å². The third-order valence-corrected chi connectivity index (χ3v) is 5.52. The molecule has 0 aromatic carbocycles. The van der Waals surface area contributed by atoms with Gasteiger partial charge in [-0.3, -0.25) is 9.59 Å². The number of carbonyl (C=O) groups excluding carboxylic acids is 2. The highest BCUT2D eigenvalue weighted by atomic mass is 35.5. The van der Waals surface area contributed by atoms with Gasteiger partial charge in [-0.05, 0) is 38.1 Å². The number of carbonyl (C=O) groups is 2. The minimum atomic E-state index is -0.517. The Balaban J connectivity index is 1.77. The molecule has 1 aromatic heterocycles. The topological polar surface area (TPSA) is 49.4 Å². The Kier molecular flexibility index (Phi) is 5.87. The predicted octanol–water partition coefficient (Wildman–Crippen LogP) is 2.66. The minimum absolute atomic E-state index is 0.0633. The number of thiophene rings is 1. The highest BCUT2D eigenvalue weighted by Gasteiger charge is 2.33. The van der Waals surface area contributed by atoms with Crippen molar-refractivity contribution in [2.75, 3.05) is 19.0 Å². The summed E-state index contributed by atoms with van der Waals surface area (Å²) < 4.78 is 0. The first-order valence-corrected chi connectivity index (χ1v) is 9.01. The maximum Gasteiger partial charge on any atom is 0.229 e. The van der Waals surface area contributed by atoms with Gasteiger partial charge in [0.05, 0.1) is 11.8 Å². The van der Waals surface area contributed by atoms with Crippen molar-refractivity contribution in [1.82, 2.24) is 10.2 Å². The number of halogens is 1. The molecule has 1 aliphatic heterocycles. The smallest absolute Gasteiger partial charge is 0.229 e. The van der Waals surface area contributed by atoms with Crippen LogP contribution in [0.3, 0.4) is 0 Å². The van der Waals surface area contributed by atoms with E-state index < -0.39 is 5.41 Å². The molecular formula is C16H23ClN2O2S. The lowest BCUT2D eigenvalue weighted by Gasteiger charge is -2.36. The molecule has 0 atom stereocenters. The third-order valence-electron chi connectivity index (χ3n) is 3.98. The standard InChI is InChI=1S/C16H23ClN2O2S/c1-16(2,11-17)15(21)19-7-5-12(6-8-19)18-14(20)10-13-4-3-9-22-13/h3-4,9,12H,5-8,10-11H2,1-2H3,(H,18,20). The van der Waals surface area contributed by atoms with Crippen LogP contribution in [-0.2, 0) is 16.0 Å². The fraction of sp³-hybridized carbons (Fsp3) is 0.625. The molecule has 1 aromatic rings. The minimum Gasteiger partial charge on any atom is -0.353 e. The van der Waals surface area contributed by atoms with Crippen LogP contribution < -0.4 is 5.32 Å². The third kappa shape index (κ3) is 4.46. The quantitative estimate of drug-likeness (QED) is 0.836. The van der Waals surface area contributed by atoms with Crippen LogP contribution in [0.4, 0.5) is 0 Å². The Bertz CT molecular complexity index is 508. The Morgan fingerprint density at radius 3 is 2.64 bits per heavy atom. The number of nitrogens with zero attached hydrogens (tertiary/aromatic N) is 1. The summed E-state index contributed by atoms with van der Waals surface area (Å²) in [7, 11) is 0. The van der Waals surface area contributed by atoms with Crippen LogP contribution in [0.1, 0.15) is 31.6 Å². The van der Waals surface area contributed by atoms with E-state index in [4.69, 9.17) is 11.6 Å². The summed E-state index contributed by atoms with van der Waals surface area (Å²) in [5.41, 5.74) is -0.517. The van der Waals surface area contributed by atoms with Gasteiger partial charge in [-0.25, -0.2) is 0 Å². The molecule has 1 N–H and O–H groups in total. The molecule has 0 bridgehead atoms. The first-order chi connectivity index (χ1) is 10.4. The fourth-order valence-corrected chi connectivity index (χ4v) is 3.38. The maximum atomic E-state index is 12.3. The van der Waals surface area contributed by atoms with Crippen LogP contribution in [0.5, 0.6) is 0 Å². The first-order valence-electron chi connectivity index (χ1n) is 7.59. The van der Waals surface area contributed by atoms with E-state index in [0.29, 0.717) is 25.4 Å². The second-order valence-electron chi connectivity index (χ2n) is 6.41. The lowest BCUT2D eigenvalue weighted by Crippen LogP contribution is -2.50. The van der Waals surface area contributed by atoms with E-state index in [0.717, 1.165) is 17.7 Å². The molecule has 0 spiro atoms. The summed E-state index contributed by atoms with van der Waals surface area (Å²) in [5.74, 6) is 0.489. The second-order valence-corrected chi connectivity index (χ2v) is 7.71. The molecule has 1 aliphatic rings. The second kappa shape index (κ2) is 7.47. The molecule has 22 heavy (non-hydrogen) atoms. The molecule has 0 unspecified atom stereocenters. The number of rotatable bonds is 5. The highest BCUT2D eigenvalue weighted by Crippen LogP contribution is 2.23. The van der Waals surface area contributed by atoms with E-state index in [1.807, 2.05) is 36.3 Å². The molecule has 4 nitrogen and oxygen atoms in total.